The average Bonchev–Trinajstić information content (AvgIpc) is 3.22. The van der Waals surface area contributed by atoms with Gasteiger partial charge in [0, 0.05) is 74.1 Å². The molecule has 3 aliphatic heterocycles. The van der Waals surface area contributed by atoms with E-state index in [1.807, 2.05) is 4.90 Å². The summed E-state index contributed by atoms with van der Waals surface area (Å²) in [6.45, 7) is 4.04. The van der Waals surface area contributed by atoms with Crippen LogP contribution >= 0.6 is 11.3 Å². The predicted octanol–water partition coefficient (Wildman–Crippen LogP) is 1.99. The summed E-state index contributed by atoms with van der Waals surface area (Å²) in [7, 11) is 0. The summed E-state index contributed by atoms with van der Waals surface area (Å²) in [6, 6.07) is 0.374. The Labute approximate surface area is 179 Å². The molecular weight excluding hydrogens is 403 g/mol. The van der Waals surface area contributed by atoms with Crippen molar-refractivity contribution in [3.63, 3.8) is 0 Å². The minimum absolute atomic E-state index is 0.0528. The maximum absolute atomic E-state index is 13.3. The largest absolute Gasteiger partial charge is 0.339 e. The molecule has 7 nitrogen and oxygen atoms in total. The third-order valence-corrected chi connectivity index (χ3v) is 7.71. The first kappa shape index (κ1) is 20.0. The highest BCUT2D eigenvalue weighted by Crippen LogP contribution is 2.31. The van der Waals surface area contributed by atoms with Gasteiger partial charge in [0.1, 0.15) is 18.0 Å². The van der Waals surface area contributed by atoms with Crippen molar-refractivity contribution in [2.45, 2.75) is 44.3 Å². The summed E-state index contributed by atoms with van der Waals surface area (Å²) < 4.78 is 13.3. The van der Waals surface area contributed by atoms with E-state index in [1.54, 1.807) is 23.7 Å². The first-order valence-electron chi connectivity index (χ1n) is 10.8. The van der Waals surface area contributed by atoms with Gasteiger partial charge in [-0.1, -0.05) is 6.42 Å². The fourth-order valence-electron chi connectivity index (χ4n) is 4.96. The van der Waals surface area contributed by atoms with Crippen LogP contribution in [-0.4, -0.2) is 87.0 Å². The van der Waals surface area contributed by atoms with Gasteiger partial charge < -0.3 is 4.90 Å². The van der Waals surface area contributed by atoms with Crippen molar-refractivity contribution in [2.24, 2.45) is 0 Å². The minimum Gasteiger partial charge on any atom is -0.339 e. The van der Waals surface area contributed by atoms with Gasteiger partial charge in [-0.2, -0.15) is 0 Å². The number of hydrogen-bond donors (Lipinski definition) is 0. The molecule has 0 N–H and O–H groups in total. The van der Waals surface area contributed by atoms with E-state index in [-0.39, 0.29) is 18.6 Å². The zero-order chi connectivity index (χ0) is 20.5. The lowest BCUT2D eigenvalue weighted by atomic mass is 9.94. The Morgan fingerprint density at radius 3 is 2.90 bits per heavy atom. The summed E-state index contributed by atoms with van der Waals surface area (Å²) in [5, 5.41) is 0.949. The summed E-state index contributed by atoms with van der Waals surface area (Å²) >= 11 is 1.67. The molecule has 5 rings (SSSR count). The first-order chi connectivity index (χ1) is 14.7. The molecule has 2 atom stereocenters. The molecule has 1 unspecified atom stereocenters. The van der Waals surface area contributed by atoms with Crippen molar-refractivity contribution < 1.29 is 9.18 Å². The number of fused-ring (bicyclic) bond motifs is 2. The standard InChI is InChI=1S/C21H27FN6OS/c22-8-16-2-1-3-17-11-27(6-7-28(16)17)20(29)13-26-5-4-18-19(12-26)30-21(25-18)15-9-23-14-24-10-15/h9-10,14,16-17H,1-8,11-13H2/t16?,17-/m0/s1. The number of carbonyl (C=O) groups excluding carboxylic acids is 1. The Hall–Kier alpha value is -1.97. The SMILES string of the molecule is O=C(CN1CCc2nc(-c3cncnc3)sc2C1)N1CCN2C(CF)CCC[C@H]2C1. The van der Waals surface area contributed by atoms with Crippen molar-refractivity contribution in [1.82, 2.24) is 29.7 Å². The molecule has 30 heavy (non-hydrogen) atoms. The smallest absolute Gasteiger partial charge is 0.236 e. The monoisotopic (exact) mass is 430 g/mol. The molecule has 2 fully saturated rings. The van der Waals surface area contributed by atoms with Gasteiger partial charge >= 0.3 is 0 Å². The van der Waals surface area contributed by atoms with Crippen molar-refractivity contribution in [3.05, 3.63) is 29.3 Å². The highest BCUT2D eigenvalue weighted by molar-refractivity contribution is 7.15. The third-order valence-electron chi connectivity index (χ3n) is 6.58. The van der Waals surface area contributed by atoms with Crippen molar-refractivity contribution >= 4 is 17.2 Å². The number of halogens is 1. The summed E-state index contributed by atoms with van der Waals surface area (Å²) in [5.41, 5.74) is 2.08. The van der Waals surface area contributed by atoms with Crippen LogP contribution in [0.3, 0.4) is 0 Å². The quantitative estimate of drug-likeness (QED) is 0.739. The number of rotatable bonds is 4. The van der Waals surface area contributed by atoms with Crippen LogP contribution in [0, 0.1) is 0 Å². The molecule has 0 spiro atoms. The third kappa shape index (κ3) is 3.98. The molecule has 0 bridgehead atoms. The van der Waals surface area contributed by atoms with Gasteiger partial charge in [-0.15, -0.1) is 11.3 Å². The summed E-state index contributed by atoms with van der Waals surface area (Å²) in [6.07, 6.45) is 9.04. The molecular formula is C21H27FN6OS. The van der Waals surface area contributed by atoms with Gasteiger partial charge in [0.05, 0.1) is 12.2 Å². The molecule has 2 saturated heterocycles. The maximum Gasteiger partial charge on any atom is 0.236 e. The van der Waals surface area contributed by atoms with E-state index in [2.05, 4.69) is 19.8 Å². The Morgan fingerprint density at radius 1 is 1.20 bits per heavy atom. The van der Waals surface area contributed by atoms with E-state index < -0.39 is 0 Å². The second-order valence-corrected chi connectivity index (χ2v) is 9.53. The van der Waals surface area contributed by atoms with Crippen molar-refractivity contribution in [2.75, 3.05) is 39.4 Å². The Morgan fingerprint density at radius 2 is 2.07 bits per heavy atom. The Bertz CT molecular complexity index is 893. The zero-order valence-electron chi connectivity index (χ0n) is 17.0. The van der Waals surface area contributed by atoms with E-state index in [0.717, 1.165) is 68.1 Å². The van der Waals surface area contributed by atoms with Crippen LogP contribution < -0.4 is 0 Å². The van der Waals surface area contributed by atoms with E-state index >= 15 is 0 Å². The fraction of sp³-hybridized carbons (Fsp3) is 0.619. The fourth-order valence-corrected chi connectivity index (χ4v) is 6.09. The number of carbonyl (C=O) groups is 1. The summed E-state index contributed by atoms with van der Waals surface area (Å²) in [5.74, 6) is 0.196. The molecule has 3 aliphatic rings. The lowest BCUT2D eigenvalue weighted by Gasteiger charge is -2.47. The topological polar surface area (TPSA) is 65.5 Å². The lowest BCUT2D eigenvalue weighted by molar-refractivity contribution is -0.137. The van der Waals surface area contributed by atoms with Gasteiger partial charge in [0.25, 0.3) is 0 Å². The van der Waals surface area contributed by atoms with Crippen LogP contribution in [0.4, 0.5) is 4.39 Å². The molecule has 5 heterocycles. The van der Waals surface area contributed by atoms with Gasteiger partial charge in [-0.05, 0) is 12.8 Å². The number of alkyl halides is 1. The minimum atomic E-state index is -0.271. The molecule has 0 aromatic carbocycles. The Balaban J connectivity index is 1.19. The molecule has 160 valence electrons. The number of hydrogen-bond acceptors (Lipinski definition) is 7. The van der Waals surface area contributed by atoms with E-state index in [1.165, 1.54) is 11.2 Å². The van der Waals surface area contributed by atoms with Crippen LogP contribution in [0.1, 0.15) is 29.8 Å². The number of piperidine rings is 1. The highest BCUT2D eigenvalue weighted by atomic mass is 32.1. The Kier molecular flexibility index (Phi) is 5.75. The number of aromatic nitrogens is 3. The van der Waals surface area contributed by atoms with Crippen molar-refractivity contribution in [1.29, 1.82) is 0 Å². The maximum atomic E-state index is 13.3. The van der Waals surface area contributed by atoms with Crippen LogP contribution in [-0.2, 0) is 17.8 Å². The molecule has 2 aromatic rings. The summed E-state index contributed by atoms with van der Waals surface area (Å²) in [4.78, 5) is 33.7. The predicted molar refractivity (Wildman–Crippen MR) is 113 cm³/mol. The van der Waals surface area contributed by atoms with Crippen LogP contribution in [0.2, 0.25) is 0 Å². The molecule has 0 radical (unpaired) electrons. The van der Waals surface area contributed by atoms with E-state index in [4.69, 9.17) is 4.98 Å². The van der Waals surface area contributed by atoms with Gasteiger partial charge in [0.2, 0.25) is 5.91 Å². The number of piperazine rings is 1. The highest BCUT2D eigenvalue weighted by Gasteiger charge is 2.36. The lowest BCUT2D eigenvalue weighted by Crippen LogP contribution is -2.60. The first-order valence-corrected chi connectivity index (χ1v) is 11.6. The van der Waals surface area contributed by atoms with Crippen molar-refractivity contribution in [3.8, 4) is 10.6 Å². The number of amides is 1. The number of nitrogens with zero attached hydrogens (tertiary/aromatic N) is 6. The van der Waals surface area contributed by atoms with Gasteiger partial charge in [-0.25, -0.2) is 19.3 Å². The van der Waals surface area contributed by atoms with E-state index in [9.17, 15) is 9.18 Å². The normalized spacial score (nSPS) is 25.0. The molecule has 0 aliphatic carbocycles. The average molecular weight is 431 g/mol. The molecule has 1 amide bonds. The zero-order valence-corrected chi connectivity index (χ0v) is 17.9. The van der Waals surface area contributed by atoms with Crippen LogP contribution in [0.25, 0.3) is 10.6 Å². The van der Waals surface area contributed by atoms with Crippen LogP contribution in [0.15, 0.2) is 18.7 Å². The molecule has 2 aromatic heterocycles. The van der Waals surface area contributed by atoms with Crippen LogP contribution in [0.5, 0.6) is 0 Å². The van der Waals surface area contributed by atoms with E-state index in [0.29, 0.717) is 19.1 Å². The molecule has 0 saturated carbocycles. The second kappa shape index (κ2) is 8.64. The number of thiazole rings is 1. The molecule has 9 heteroatoms. The second-order valence-electron chi connectivity index (χ2n) is 8.45. The van der Waals surface area contributed by atoms with Gasteiger partial charge in [-0.3, -0.25) is 14.6 Å². The van der Waals surface area contributed by atoms with Gasteiger partial charge in [0.15, 0.2) is 0 Å².